The summed E-state index contributed by atoms with van der Waals surface area (Å²) in [5.74, 6) is -3.65. The van der Waals surface area contributed by atoms with Gasteiger partial charge in [0.25, 0.3) is 0 Å². The molecule has 1 heterocycles. The largest absolute Gasteiger partial charge is 0.473 e. The molecule has 0 radical (unpaired) electrons. The van der Waals surface area contributed by atoms with Crippen molar-refractivity contribution in [2.75, 3.05) is 33.2 Å². The minimum atomic E-state index is -1.82. The molecule has 0 amide bonds. The summed E-state index contributed by atoms with van der Waals surface area (Å²) < 4.78 is 0. The molecule has 2 N–H and O–H groups in total. The Morgan fingerprint density at radius 2 is 1.29 bits per heavy atom. The van der Waals surface area contributed by atoms with E-state index in [0.29, 0.717) is 0 Å². The van der Waals surface area contributed by atoms with Crippen LogP contribution < -0.4 is 0 Å². The zero-order valence-corrected chi connectivity index (χ0v) is 15.8. The monoisotopic (exact) mass is 380 g/mol. The molecule has 1 fully saturated rings. The van der Waals surface area contributed by atoms with Gasteiger partial charge in [0.2, 0.25) is 0 Å². The summed E-state index contributed by atoms with van der Waals surface area (Å²) in [7, 11) is 2.21. The molecule has 3 aromatic rings. The molecule has 0 saturated carbocycles. The van der Waals surface area contributed by atoms with E-state index >= 15 is 0 Å². The normalized spacial score (nSPS) is 15.2. The molecule has 1 aliphatic heterocycles. The van der Waals surface area contributed by atoms with Gasteiger partial charge >= 0.3 is 11.9 Å². The van der Waals surface area contributed by atoms with Crippen molar-refractivity contribution in [1.29, 1.82) is 0 Å². The Kier molecular flexibility index (Phi) is 6.23. The first kappa shape index (κ1) is 19.8. The van der Waals surface area contributed by atoms with Crippen molar-refractivity contribution >= 4 is 33.5 Å². The first-order valence-electron chi connectivity index (χ1n) is 9.22. The number of carbonyl (C=O) groups is 2. The second kappa shape index (κ2) is 8.82. The molecule has 6 nitrogen and oxygen atoms in total. The van der Waals surface area contributed by atoms with Gasteiger partial charge in [-0.05, 0) is 40.2 Å². The smallest absolute Gasteiger partial charge is 0.414 e. The van der Waals surface area contributed by atoms with E-state index in [4.69, 9.17) is 19.8 Å². The number of carboxylic acids is 2. The number of carboxylic acid groups (broad SMARTS) is 2. The lowest BCUT2D eigenvalue weighted by Gasteiger charge is -2.33. The van der Waals surface area contributed by atoms with E-state index in [1.165, 1.54) is 40.2 Å². The Morgan fingerprint density at radius 3 is 1.75 bits per heavy atom. The number of hydrogen-bond donors (Lipinski definition) is 2. The topological polar surface area (TPSA) is 81.1 Å². The quantitative estimate of drug-likeness (QED) is 0.526. The minimum absolute atomic E-state index is 1.05. The SMILES string of the molecule is CN1CCN(Cc2c3ccccc3cc3ccccc23)CC1.O=C(O)C(=O)O. The van der Waals surface area contributed by atoms with Gasteiger partial charge in [-0.2, -0.15) is 0 Å². The van der Waals surface area contributed by atoms with Crippen LogP contribution in [0.1, 0.15) is 5.56 Å². The van der Waals surface area contributed by atoms with E-state index in [2.05, 4.69) is 71.4 Å². The second-order valence-corrected chi connectivity index (χ2v) is 6.99. The molecule has 0 bridgehead atoms. The van der Waals surface area contributed by atoms with Crippen molar-refractivity contribution in [2.45, 2.75) is 6.54 Å². The van der Waals surface area contributed by atoms with Gasteiger partial charge in [0.05, 0.1) is 0 Å². The summed E-state index contributed by atoms with van der Waals surface area (Å²) in [4.78, 5) is 23.2. The number of fused-ring (bicyclic) bond motifs is 2. The van der Waals surface area contributed by atoms with Gasteiger partial charge in [-0.1, -0.05) is 48.5 Å². The van der Waals surface area contributed by atoms with Crippen LogP contribution >= 0.6 is 0 Å². The van der Waals surface area contributed by atoms with Gasteiger partial charge in [-0.25, -0.2) is 9.59 Å². The molecule has 146 valence electrons. The van der Waals surface area contributed by atoms with E-state index in [1.807, 2.05) is 0 Å². The molecule has 3 aromatic carbocycles. The molecule has 0 aliphatic carbocycles. The van der Waals surface area contributed by atoms with E-state index in [0.717, 1.165) is 19.6 Å². The molecule has 6 heteroatoms. The van der Waals surface area contributed by atoms with Gasteiger partial charge in [0.1, 0.15) is 0 Å². The Bertz CT molecular complexity index is 928. The highest BCUT2D eigenvalue weighted by molar-refractivity contribution is 6.27. The van der Waals surface area contributed by atoms with Crippen molar-refractivity contribution in [3.05, 3.63) is 60.2 Å². The third kappa shape index (κ3) is 4.65. The molecule has 0 unspecified atom stereocenters. The van der Waals surface area contributed by atoms with Crippen molar-refractivity contribution < 1.29 is 19.8 Å². The van der Waals surface area contributed by atoms with Crippen LogP contribution in [0.4, 0.5) is 0 Å². The van der Waals surface area contributed by atoms with Crippen molar-refractivity contribution in [3.63, 3.8) is 0 Å². The summed E-state index contributed by atoms with van der Waals surface area (Å²) in [5, 5.41) is 20.3. The molecule has 1 saturated heterocycles. The van der Waals surface area contributed by atoms with Crippen LogP contribution in [0.15, 0.2) is 54.6 Å². The first-order valence-corrected chi connectivity index (χ1v) is 9.22. The molecule has 0 aromatic heterocycles. The standard InChI is InChI=1S/C20H22N2.C2H2O4/c1-21-10-12-22(13-11-21)15-20-18-8-4-2-6-16(18)14-17-7-3-5-9-19(17)20;3-1(4)2(5)6/h2-9,14H,10-13,15H2,1H3;(H,3,4)(H,5,6). The van der Waals surface area contributed by atoms with Gasteiger partial charge in [-0.3, -0.25) is 4.90 Å². The van der Waals surface area contributed by atoms with E-state index in [1.54, 1.807) is 0 Å². The molecular formula is C22H24N2O4. The lowest BCUT2D eigenvalue weighted by Crippen LogP contribution is -2.43. The van der Waals surface area contributed by atoms with Crippen LogP contribution in [-0.4, -0.2) is 65.2 Å². The average Bonchev–Trinajstić information content (AvgIpc) is 2.70. The minimum Gasteiger partial charge on any atom is -0.473 e. The van der Waals surface area contributed by atoms with E-state index in [-0.39, 0.29) is 0 Å². The Morgan fingerprint density at radius 1 is 0.821 bits per heavy atom. The van der Waals surface area contributed by atoms with Crippen LogP contribution in [0.2, 0.25) is 0 Å². The number of benzene rings is 3. The van der Waals surface area contributed by atoms with Crippen molar-refractivity contribution in [1.82, 2.24) is 9.80 Å². The van der Waals surface area contributed by atoms with Gasteiger partial charge in [0.15, 0.2) is 0 Å². The van der Waals surface area contributed by atoms with E-state index < -0.39 is 11.9 Å². The zero-order valence-electron chi connectivity index (χ0n) is 15.8. The predicted molar refractivity (Wildman–Crippen MR) is 109 cm³/mol. The first-order chi connectivity index (χ1) is 13.5. The van der Waals surface area contributed by atoms with E-state index in [9.17, 15) is 0 Å². The van der Waals surface area contributed by atoms with Crippen LogP contribution in [0.3, 0.4) is 0 Å². The van der Waals surface area contributed by atoms with Gasteiger partial charge in [0, 0.05) is 32.7 Å². The van der Waals surface area contributed by atoms with Crippen LogP contribution in [0.25, 0.3) is 21.5 Å². The predicted octanol–water partition coefficient (Wildman–Crippen LogP) is 2.90. The highest BCUT2D eigenvalue weighted by Gasteiger charge is 2.16. The Labute approximate surface area is 163 Å². The van der Waals surface area contributed by atoms with Crippen LogP contribution in [-0.2, 0) is 16.1 Å². The lowest BCUT2D eigenvalue weighted by molar-refractivity contribution is -0.159. The molecule has 1 aliphatic rings. The summed E-state index contributed by atoms with van der Waals surface area (Å²) in [6, 6.07) is 19.9. The highest BCUT2D eigenvalue weighted by Crippen LogP contribution is 2.29. The molecule has 28 heavy (non-hydrogen) atoms. The van der Waals surface area contributed by atoms with Gasteiger partial charge < -0.3 is 15.1 Å². The fourth-order valence-electron chi connectivity index (χ4n) is 3.51. The summed E-state index contributed by atoms with van der Waals surface area (Å²) in [6.07, 6.45) is 0. The van der Waals surface area contributed by atoms with Gasteiger partial charge in [-0.15, -0.1) is 0 Å². The fourth-order valence-corrected chi connectivity index (χ4v) is 3.51. The summed E-state index contributed by atoms with van der Waals surface area (Å²) in [5.41, 5.74) is 1.48. The maximum Gasteiger partial charge on any atom is 0.414 e. The third-order valence-electron chi connectivity index (χ3n) is 5.04. The second-order valence-electron chi connectivity index (χ2n) is 6.99. The number of likely N-dealkylation sites (N-methyl/N-ethyl adjacent to an activating group) is 1. The number of hydrogen-bond acceptors (Lipinski definition) is 4. The fraction of sp³-hybridized carbons (Fsp3) is 0.273. The lowest BCUT2D eigenvalue weighted by atomic mass is 9.96. The molecular weight excluding hydrogens is 356 g/mol. The average molecular weight is 380 g/mol. The number of nitrogens with zero attached hydrogens (tertiary/aromatic N) is 2. The molecule has 4 rings (SSSR count). The number of aliphatic carboxylic acids is 2. The maximum absolute atomic E-state index is 9.10. The Balaban J connectivity index is 0.000000330. The van der Waals surface area contributed by atoms with Crippen molar-refractivity contribution in [2.24, 2.45) is 0 Å². The summed E-state index contributed by atoms with van der Waals surface area (Å²) >= 11 is 0. The zero-order chi connectivity index (χ0) is 20.1. The third-order valence-corrected chi connectivity index (χ3v) is 5.04. The van der Waals surface area contributed by atoms with Crippen LogP contribution in [0.5, 0.6) is 0 Å². The number of piperazine rings is 1. The molecule has 0 spiro atoms. The highest BCUT2D eigenvalue weighted by atomic mass is 16.4. The van der Waals surface area contributed by atoms with Crippen molar-refractivity contribution in [3.8, 4) is 0 Å². The van der Waals surface area contributed by atoms with Crippen LogP contribution in [0, 0.1) is 0 Å². The Hall–Kier alpha value is -2.96. The number of rotatable bonds is 2. The maximum atomic E-state index is 9.10. The summed E-state index contributed by atoms with van der Waals surface area (Å²) in [6.45, 7) is 5.71. The molecule has 0 atom stereocenters.